The number of rotatable bonds is 4. The lowest BCUT2D eigenvalue weighted by atomic mass is 9.93. The first-order chi connectivity index (χ1) is 14.1. The normalized spacial score (nSPS) is 18.1. The average Bonchev–Trinajstić information content (AvgIpc) is 2.77. The number of hydrogen-bond donors (Lipinski definition) is 0. The monoisotopic (exact) mass is 394 g/mol. The summed E-state index contributed by atoms with van der Waals surface area (Å²) in [6, 6.07) is 12.2. The number of nitrogens with zero attached hydrogens (tertiary/aromatic N) is 2. The third-order valence-electron chi connectivity index (χ3n) is 5.07. The Kier molecular flexibility index (Phi) is 5.22. The summed E-state index contributed by atoms with van der Waals surface area (Å²) in [5.74, 6) is 0.208. The van der Waals surface area contributed by atoms with Crippen LogP contribution in [0.4, 0.5) is 5.69 Å². The third-order valence-corrected chi connectivity index (χ3v) is 5.07. The lowest BCUT2D eigenvalue weighted by molar-refractivity contribution is -0.113. The van der Waals surface area contributed by atoms with Crippen LogP contribution in [0.25, 0.3) is 5.57 Å². The summed E-state index contributed by atoms with van der Waals surface area (Å²) in [6.45, 7) is 2.57. The van der Waals surface area contributed by atoms with Crippen molar-refractivity contribution in [1.29, 1.82) is 0 Å². The maximum atomic E-state index is 13.5. The summed E-state index contributed by atoms with van der Waals surface area (Å²) in [5.41, 5.74) is 1.87. The molecular weight excluding hydrogens is 372 g/mol. The molecule has 7 heteroatoms. The van der Waals surface area contributed by atoms with E-state index in [2.05, 4.69) is 0 Å². The predicted octanol–water partition coefficient (Wildman–Crippen LogP) is 2.56. The Balaban J connectivity index is 1.87. The number of anilines is 1. The van der Waals surface area contributed by atoms with Crippen LogP contribution in [-0.2, 0) is 9.53 Å². The fourth-order valence-electron chi connectivity index (χ4n) is 3.56. The van der Waals surface area contributed by atoms with Gasteiger partial charge < -0.3 is 19.1 Å². The summed E-state index contributed by atoms with van der Waals surface area (Å²) in [4.78, 5) is 30.0. The highest BCUT2D eigenvalue weighted by molar-refractivity contribution is 6.41. The zero-order valence-electron chi connectivity index (χ0n) is 16.4. The maximum Gasteiger partial charge on any atom is 0.267 e. The summed E-state index contributed by atoms with van der Waals surface area (Å²) in [7, 11) is 3.06. The molecule has 0 aromatic heterocycles. The van der Waals surface area contributed by atoms with Crippen LogP contribution in [0.5, 0.6) is 11.5 Å². The number of amides is 2. The van der Waals surface area contributed by atoms with Gasteiger partial charge in [0, 0.05) is 24.9 Å². The molecule has 2 aliphatic rings. The molecule has 4 rings (SSSR count). The average molecular weight is 394 g/mol. The van der Waals surface area contributed by atoms with Gasteiger partial charge in [-0.1, -0.05) is 12.1 Å². The van der Waals surface area contributed by atoms with E-state index < -0.39 is 5.91 Å². The number of carbonyl (C=O) groups excluding carboxylic acids is 2. The molecule has 2 aromatic rings. The minimum absolute atomic E-state index is 0.386. The Morgan fingerprint density at radius 3 is 2.41 bits per heavy atom. The summed E-state index contributed by atoms with van der Waals surface area (Å²) in [5, 5.41) is 0. The molecule has 2 aromatic carbocycles. The van der Waals surface area contributed by atoms with Crippen molar-refractivity contribution < 1.29 is 23.8 Å². The smallest absolute Gasteiger partial charge is 0.267 e. The maximum absolute atomic E-state index is 13.5. The number of methoxy groups -OCH3 is 2. The van der Waals surface area contributed by atoms with Crippen LogP contribution < -0.4 is 14.4 Å². The number of imide groups is 1. The largest absolute Gasteiger partial charge is 0.497 e. The van der Waals surface area contributed by atoms with E-state index in [1.165, 1.54) is 12.0 Å². The zero-order chi connectivity index (χ0) is 20.4. The van der Waals surface area contributed by atoms with Gasteiger partial charge in [0.2, 0.25) is 0 Å². The van der Waals surface area contributed by atoms with Crippen LogP contribution in [-0.4, -0.2) is 57.2 Å². The number of ether oxygens (including phenoxy) is 3. The summed E-state index contributed by atoms with van der Waals surface area (Å²) < 4.78 is 16.1. The molecule has 0 bridgehead atoms. The molecule has 0 radical (unpaired) electrons. The number of carbonyl (C=O) groups is 2. The Morgan fingerprint density at radius 2 is 1.69 bits per heavy atom. The number of para-hydroxylation sites is 2. The van der Waals surface area contributed by atoms with Gasteiger partial charge in [0.1, 0.15) is 11.5 Å². The van der Waals surface area contributed by atoms with Crippen molar-refractivity contribution >= 4 is 23.1 Å². The quantitative estimate of drug-likeness (QED) is 0.587. The van der Waals surface area contributed by atoms with Gasteiger partial charge in [-0.3, -0.25) is 9.59 Å². The number of morpholine rings is 1. The van der Waals surface area contributed by atoms with E-state index in [9.17, 15) is 9.59 Å². The molecule has 2 aliphatic heterocycles. The first kappa shape index (κ1) is 19.0. The van der Waals surface area contributed by atoms with Crippen molar-refractivity contribution in [3.8, 4) is 11.5 Å². The lowest BCUT2D eigenvalue weighted by Crippen LogP contribution is -2.43. The van der Waals surface area contributed by atoms with Crippen LogP contribution in [0.1, 0.15) is 15.9 Å². The SMILES string of the molecule is COc1ccc2c(c1)C(=O)N(c1ccccc1OC)C(=O)C2=CN1CCOCC1. The molecule has 1 fully saturated rings. The fourth-order valence-corrected chi connectivity index (χ4v) is 3.56. The molecule has 0 unspecified atom stereocenters. The van der Waals surface area contributed by atoms with Crippen LogP contribution in [0.2, 0.25) is 0 Å². The van der Waals surface area contributed by atoms with Gasteiger partial charge >= 0.3 is 0 Å². The molecule has 0 atom stereocenters. The molecule has 0 saturated carbocycles. The van der Waals surface area contributed by atoms with E-state index >= 15 is 0 Å². The molecule has 2 heterocycles. The van der Waals surface area contributed by atoms with Gasteiger partial charge in [-0.2, -0.15) is 0 Å². The summed E-state index contributed by atoms with van der Waals surface area (Å²) >= 11 is 0. The van der Waals surface area contributed by atoms with E-state index in [1.807, 2.05) is 11.1 Å². The van der Waals surface area contributed by atoms with E-state index in [-0.39, 0.29) is 5.91 Å². The number of fused-ring (bicyclic) bond motifs is 1. The van der Waals surface area contributed by atoms with Crippen molar-refractivity contribution in [2.75, 3.05) is 45.4 Å². The fraction of sp³-hybridized carbons (Fsp3) is 0.273. The van der Waals surface area contributed by atoms with Gasteiger partial charge in [-0.25, -0.2) is 4.90 Å². The van der Waals surface area contributed by atoms with Gasteiger partial charge in [0.25, 0.3) is 11.8 Å². The second-order valence-corrected chi connectivity index (χ2v) is 6.72. The Labute approximate surface area is 169 Å². The number of benzene rings is 2. The molecule has 29 heavy (non-hydrogen) atoms. The van der Waals surface area contributed by atoms with Gasteiger partial charge in [0.05, 0.1) is 44.3 Å². The first-order valence-corrected chi connectivity index (χ1v) is 9.38. The minimum Gasteiger partial charge on any atom is -0.497 e. The molecule has 0 aliphatic carbocycles. The second kappa shape index (κ2) is 7.97. The molecule has 2 amide bonds. The Morgan fingerprint density at radius 1 is 0.931 bits per heavy atom. The molecular formula is C22H22N2O5. The van der Waals surface area contributed by atoms with Gasteiger partial charge in [-0.05, 0) is 30.3 Å². The second-order valence-electron chi connectivity index (χ2n) is 6.72. The van der Waals surface area contributed by atoms with Crippen LogP contribution in [0.3, 0.4) is 0 Å². The van der Waals surface area contributed by atoms with Crippen molar-refractivity contribution in [3.63, 3.8) is 0 Å². The van der Waals surface area contributed by atoms with E-state index in [4.69, 9.17) is 14.2 Å². The minimum atomic E-state index is -0.410. The van der Waals surface area contributed by atoms with Crippen LogP contribution >= 0.6 is 0 Å². The van der Waals surface area contributed by atoms with E-state index in [0.29, 0.717) is 60.2 Å². The van der Waals surface area contributed by atoms with Crippen molar-refractivity contribution in [2.24, 2.45) is 0 Å². The highest BCUT2D eigenvalue weighted by Crippen LogP contribution is 2.37. The Bertz CT molecular complexity index is 979. The Hall–Kier alpha value is -3.32. The van der Waals surface area contributed by atoms with Gasteiger partial charge in [0.15, 0.2) is 0 Å². The highest BCUT2D eigenvalue weighted by Gasteiger charge is 2.38. The standard InChI is InChI=1S/C22H22N2O5/c1-27-15-7-8-16-17(13-15)21(25)24(19-5-3-4-6-20(19)28-2)22(26)18(16)14-23-9-11-29-12-10-23/h3-8,13-14H,9-12H2,1-2H3. The molecule has 7 nitrogen and oxygen atoms in total. The predicted molar refractivity (Wildman–Crippen MR) is 108 cm³/mol. The first-order valence-electron chi connectivity index (χ1n) is 9.38. The molecule has 0 N–H and O–H groups in total. The van der Waals surface area contributed by atoms with E-state index in [0.717, 1.165) is 0 Å². The van der Waals surface area contributed by atoms with Crippen molar-refractivity contribution in [2.45, 2.75) is 0 Å². The zero-order valence-corrected chi connectivity index (χ0v) is 16.4. The topological polar surface area (TPSA) is 68.3 Å². The number of hydrogen-bond acceptors (Lipinski definition) is 6. The van der Waals surface area contributed by atoms with Gasteiger partial charge in [-0.15, -0.1) is 0 Å². The van der Waals surface area contributed by atoms with Crippen LogP contribution in [0.15, 0.2) is 48.7 Å². The summed E-state index contributed by atoms with van der Waals surface area (Å²) in [6.07, 6.45) is 1.82. The lowest BCUT2D eigenvalue weighted by Gasteiger charge is -2.32. The van der Waals surface area contributed by atoms with Crippen molar-refractivity contribution in [1.82, 2.24) is 4.90 Å². The highest BCUT2D eigenvalue weighted by atomic mass is 16.5. The van der Waals surface area contributed by atoms with Crippen molar-refractivity contribution in [3.05, 3.63) is 59.8 Å². The van der Waals surface area contributed by atoms with E-state index in [1.54, 1.807) is 49.6 Å². The molecule has 1 saturated heterocycles. The molecule has 150 valence electrons. The molecule has 0 spiro atoms. The third kappa shape index (κ3) is 3.45. The van der Waals surface area contributed by atoms with Crippen LogP contribution in [0, 0.1) is 0 Å².